The van der Waals surface area contributed by atoms with E-state index >= 15 is 0 Å². The highest BCUT2D eigenvalue weighted by molar-refractivity contribution is 7.15. The lowest BCUT2D eigenvalue weighted by molar-refractivity contribution is 0.0683. The lowest BCUT2D eigenvalue weighted by Crippen LogP contribution is -2.56. The molecule has 1 aromatic rings. The van der Waals surface area contributed by atoms with Gasteiger partial charge in [-0.25, -0.2) is 4.98 Å². The molecule has 0 aliphatic heterocycles. The summed E-state index contributed by atoms with van der Waals surface area (Å²) in [6.45, 7) is 2.47. The van der Waals surface area contributed by atoms with Gasteiger partial charge in [0, 0.05) is 37.7 Å². The van der Waals surface area contributed by atoms with E-state index in [0.717, 1.165) is 23.9 Å². The molecule has 0 aromatic carbocycles. The normalized spacial score (nSPS) is 17.0. The molecule has 0 bridgehead atoms. The largest absolute Gasteiger partial charge is 0.378 e. The summed E-state index contributed by atoms with van der Waals surface area (Å²) in [6.07, 6.45) is 3.90. The number of ether oxygens (including phenoxy) is 1. The van der Waals surface area contributed by atoms with Gasteiger partial charge in [0.2, 0.25) is 0 Å². The molecular formula is C15H28N4OS. The van der Waals surface area contributed by atoms with Crippen LogP contribution >= 0.6 is 11.3 Å². The molecule has 0 radical (unpaired) electrons. The summed E-state index contributed by atoms with van der Waals surface area (Å²) in [7, 11) is 10.2. The Morgan fingerprint density at radius 2 is 2.05 bits per heavy atom. The van der Waals surface area contributed by atoms with E-state index in [9.17, 15) is 0 Å². The predicted octanol–water partition coefficient (Wildman–Crippen LogP) is 1.93. The molecule has 2 rings (SSSR count). The molecule has 0 saturated heterocycles. The number of hydrogen-bond acceptors (Lipinski definition) is 6. The third-order valence-electron chi connectivity index (χ3n) is 4.48. The number of thiazole rings is 1. The van der Waals surface area contributed by atoms with Gasteiger partial charge in [-0.3, -0.25) is 0 Å². The van der Waals surface area contributed by atoms with Gasteiger partial charge in [-0.05, 0) is 40.4 Å². The van der Waals surface area contributed by atoms with Gasteiger partial charge in [0.05, 0.1) is 12.3 Å². The van der Waals surface area contributed by atoms with Gasteiger partial charge in [-0.1, -0.05) is 0 Å². The van der Waals surface area contributed by atoms with Gasteiger partial charge in [0.1, 0.15) is 0 Å². The topological polar surface area (TPSA) is 40.6 Å². The zero-order valence-corrected chi connectivity index (χ0v) is 14.7. The van der Waals surface area contributed by atoms with Crippen LogP contribution in [0, 0.1) is 0 Å². The van der Waals surface area contributed by atoms with Crippen molar-refractivity contribution in [3.8, 4) is 0 Å². The average Bonchev–Trinajstić information content (AvgIpc) is 2.77. The summed E-state index contributed by atoms with van der Waals surface area (Å²) >= 11 is 1.77. The Morgan fingerprint density at radius 3 is 2.52 bits per heavy atom. The highest BCUT2D eigenvalue weighted by Crippen LogP contribution is 2.38. The second kappa shape index (κ2) is 7.05. The van der Waals surface area contributed by atoms with Gasteiger partial charge in [0.25, 0.3) is 0 Å². The van der Waals surface area contributed by atoms with Crippen molar-refractivity contribution in [2.45, 2.75) is 38.0 Å². The number of aromatic nitrogens is 1. The fraction of sp³-hybridized carbons (Fsp3) is 0.800. The monoisotopic (exact) mass is 312 g/mol. The number of methoxy groups -OCH3 is 1. The van der Waals surface area contributed by atoms with Gasteiger partial charge in [0.15, 0.2) is 5.13 Å². The summed E-state index contributed by atoms with van der Waals surface area (Å²) in [4.78, 5) is 10.7. The van der Waals surface area contributed by atoms with E-state index in [0.29, 0.717) is 12.1 Å². The van der Waals surface area contributed by atoms with E-state index in [-0.39, 0.29) is 0 Å². The van der Waals surface area contributed by atoms with Crippen molar-refractivity contribution >= 4 is 16.5 Å². The fourth-order valence-corrected chi connectivity index (χ4v) is 3.96. The Kier molecular flexibility index (Phi) is 5.60. The molecule has 1 fully saturated rings. The van der Waals surface area contributed by atoms with Crippen molar-refractivity contribution in [2.75, 3.05) is 46.7 Å². The molecule has 1 aliphatic carbocycles. The number of nitrogens with zero attached hydrogens (tertiary/aromatic N) is 3. The highest BCUT2D eigenvalue weighted by atomic mass is 32.1. The van der Waals surface area contributed by atoms with Crippen LogP contribution in [0.3, 0.4) is 0 Å². The van der Waals surface area contributed by atoms with Crippen molar-refractivity contribution in [1.82, 2.24) is 15.2 Å². The summed E-state index contributed by atoms with van der Waals surface area (Å²) in [5, 5.41) is 4.31. The maximum atomic E-state index is 5.27. The molecule has 0 unspecified atom stereocenters. The van der Waals surface area contributed by atoms with Crippen molar-refractivity contribution in [3.63, 3.8) is 0 Å². The van der Waals surface area contributed by atoms with E-state index in [4.69, 9.17) is 9.72 Å². The molecule has 1 aliphatic rings. The quantitative estimate of drug-likeness (QED) is 0.794. The lowest BCUT2D eigenvalue weighted by atomic mass is 9.75. The van der Waals surface area contributed by atoms with E-state index in [1.807, 2.05) is 7.05 Å². The zero-order chi connectivity index (χ0) is 15.5. The molecule has 120 valence electrons. The molecule has 21 heavy (non-hydrogen) atoms. The van der Waals surface area contributed by atoms with Crippen molar-refractivity contribution < 1.29 is 4.74 Å². The Labute approximate surface area is 132 Å². The van der Waals surface area contributed by atoms with Crippen LogP contribution in [0.5, 0.6) is 0 Å². The van der Waals surface area contributed by atoms with Crippen LogP contribution in [0.15, 0.2) is 0 Å². The Balaban J connectivity index is 2.11. The zero-order valence-electron chi connectivity index (χ0n) is 13.9. The number of hydrogen-bond donors (Lipinski definition) is 1. The van der Waals surface area contributed by atoms with E-state index in [1.54, 1.807) is 18.4 Å². The van der Waals surface area contributed by atoms with Crippen molar-refractivity contribution in [3.05, 3.63) is 10.6 Å². The Morgan fingerprint density at radius 1 is 1.33 bits per heavy atom. The smallest absolute Gasteiger partial charge is 0.185 e. The van der Waals surface area contributed by atoms with Crippen LogP contribution < -0.4 is 10.2 Å². The molecule has 0 spiro atoms. The maximum absolute atomic E-state index is 5.27. The van der Waals surface area contributed by atoms with Crippen LogP contribution in [0.4, 0.5) is 5.13 Å². The van der Waals surface area contributed by atoms with Crippen LogP contribution in [0.1, 0.15) is 29.8 Å². The SMILES string of the molecule is CNCc1sc(N(C)CC2(N(C)C)CCC2)nc1COC. The first-order chi connectivity index (χ1) is 10.0. The second-order valence-electron chi connectivity index (χ2n) is 6.16. The summed E-state index contributed by atoms with van der Waals surface area (Å²) in [5.74, 6) is 0. The molecule has 0 amide bonds. The highest BCUT2D eigenvalue weighted by Gasteiger charge is 2.40. The average molecular weight is 312 g/mol. The van der Waals surface area contributed by atoms with Crippen molar-refractivity contribution in [1.29, 1.82) is 0 Å². The van der Waals surface area contributed by atoms with Gasteiger partial charge in [-0.15, -0.1) is 11.3 Å². The molecule has 6 heteroatoms. The third-order valence-corrected chi connectivity index (χ3v) is 5.69. The Bertz CT molecular complexity index is 433. The van der Waals surface area contributed by atoms with E-state index in [1.165, 1.54) is 24.1 Å². The minimum atomic E-state index is 0.324. The third kappa shape index (κ3) is 3.56. The van der Waals surface area contributed by atoms with Gasteiger partial charge < -0.3 is 19.9 Å². The number of rotatable bonds is 8. The predicted molar refractivity (Wildman–Crippen MR) is 89.1 cm³/mol. The van der Waals surface area contributed by atoms with Gasteiger partial charge in [-0.2, -0.15) is 0 Å². The molecular weight excluding hydrogens is 284 g/mol. The Hall–Kier alpha value is -0.690. The fourth-order valence-electron chi connectivity index (χ4n) is 2.92. The van der Waals surface area contributed by atoms with Crippen LogP contribution in [-0.4, -0.2) is 57.3 Å². The maximum Gasteiger partial charge on any atom is 0.185 e. The van der Waals surface area contributed by atoms with Crippen LogP contribution in [0.2, 0.25) is 0 Å². The standard InChI is InChI=1S/C15H28N4OS/c1-16-9-13-12(10-20-5)17-14(21-13)19(4)11-15(18(2)3)7-6-8-15/h16H,6-11H2,1-5H3. The lowest BCUT2D eigenvalue weighted by Gasteiger charge is -2.49. The molecule has 1 heterocycles. The first-order valence-corrected chi connectivity index (χ1v) is 8.35. The summed E-state index contributed by atoms with van der Waals surface area (Å²) in [5.41, 5.74) is 1.39. The number of likely N-dealkylation sites (N-methyl/N-ethyl adjacent to an activating group) is 2. The number of nitrogens with one attached hydrogen (secondary N) is 1. The first-order valence-electron chi connectivity index (χ1n) is 7.53. The van der Waals surface area contributed by atoms with Gasteiger partial charge >= 0.3 is 0 Å². The number of anilines is 1. The molecule has 1 N–H and O–H groups in total. The first kappa shape index (κ1) is 16.7. The molecule has 0 atom stereocenters. The molecule has 1 saturated carbocycles. The van der Waals surface area contributed by atoms with Crippen LogP contribution in [0.25, 0.3) is 0 Å². The summed E-state index contributed by atoms with van der Waals surface area (Å²) in [6, 6.07) is 0. The van der Waals surface area contributed by atoms with Crippen molar-refractivity contribution in [2.24, 2.45) is 0 Å². The minimum absolute atomic E-state index is 0.324. The molecule has 1 aromatic heterocycles. The molecule has 5 nitrogen and oxygen atoms in total. The summed E-state index contributed by atoms with van der Waals surface area (Å²) < 4.78 is 5.27. The van der Waals surface area contributed by atoms with E-state index < -0.39 is 0 Å². The minimum Gasteiger partial charge on any atom is -0.378 e. The second-order valence-corrected chi connectivity index (χ2v) is 7.22. The van der Waals surface area contributed by atoms with Crippen LogP contribution in [-0.2, 0) is 17.9 Å². The van der Waals surface area contributed by atoms with E-state index in [2.05, 4.69) is 36.3 Å².